The van der Waals surface area contributed by atoms with Gasteiger partial charge in [-0.1, -0.05) is 29.3 Å². The first-order chi connectivity index (χ1) is 8.90. The van der Waals surface area contributed by atoms with Gasteiger partial charge in [-0.2, -0.15) is 0 Å². The lowest BCUT2D eigenvalue weighted by Gasteiger charge is -2.15. The first-order valence-corrected chi connectivity index (χ1v) is 6.64. The summed E-state index contributed by atoms with van der Waals surface area (Å²) in [6.45, 7) is 1.84. The lowest BCUT2D eigenvalue weighted by molar-refractivity contribution is 0.507. The fourth-order valence-corrected chi connectivity index (χ4v) is 2.79. The van der Waals surface area contributed by atoms with Crippen LogP contribution in [-0.4, -0.2) is 0 Å². The molecule has 5 heteroatoms. The summed E-state index contributed by atoms with van der Waals surface area (Å²) in [4.78, 5) is 0. The molecule has 1 atom stereocenters. The number of rotatable bonds is 2. The Morgan fingerprint density at radius 1 is 0.947 bits per heavy atom. The van der Waals surface area contributed by atoms with E-state index in [-0.39, 0.29) is 5.02 Å². The molecule has 0 saturated heterocycles. The van der Waals surface area contributed by atoms with Crippen molar-refractivity contribution in [1.29, 1.82) is 0 Å². The lowest BCUT2D eigenvalue weighted by atomic mass is 10.00. The van der Waals surface area contributed by atoms with Crippen molar-refractivity contribution in [1.82, 2.24) is 0 Å². The molecule has 0 heterocycles. The Hall–Kier alpha value is -0.830. The number of benzene rings is 2. The van der Waals surface area contributed by atoms with Crippen LogP contribution in [0.4, 0.5) is 8.78 Å². The van der Waals surface area contributed by atoms with Crippen LogP contribution in [0.2, 0.25) is 10.0 Å². The number of hydrogen-bond donors (Lipinski definition) is 0. The van der Waals surface area contributed by atoms with E-state index in [4.69, 9.17) is 34.8 Å². The van der Waals surface area contributed by atoms with Crippen molar-refractivity contribution in [3.63, 3.8) is 0 Å². The number of halogens is 5. The van der Waals surface area contributed by atoms with Crippen molar-refractivity contribution in [2.24, 2.45) is 0 Å². The number of alkyl halides is 1. The SMILES string of the molecule is Cc1cc(Cl)ccc1C(Cl)c1cc(F)c(F)cc1Cl. The zero-order valence-corrected chi connectivity index (χ0v) is 12.1. The van der Waals surface area contributed by atoms with Crippen LogP contribution >= 0.6 is 34.8 Å². The maximum Gasteiger partial charge on any atom is 0.160 e. The average molecular weight is 322 g/mol. The normalized spacial score (nSPS) is 12.5. The Morgan fingerprint density at radius 3 is 2.21 bits per heavy atom. The summed E-state index contributed by atoms with van der Waals surface area (Å²) in [5.74, 6) is -1.97. The highest BCUT2D eigenvalue weighted by molar-refractivity contribution is 6.33. The van der Waals surface area contributed by atoms with E-state index in [1.807, 2.05) is 6.92 Å². The molecule has 0 spiro atoms. The average Bonchev–Trinajstić information content (AvgIpc) is 2.33. The van der Waals surface area contributed by atoms with E-state index in [9.17, 15) is 8.78 Å². The van der Waals surface area contributed by atoms with Gasteiger partial charge in [0.2, 0.25) is 0 Å². The van der Waals surface area contributed by atoms with Crippen molar-refractivity contribution in [2.75, 3.05) is 0 Å². The molecule has 0 N–H and O–H groups in total. The van der Waals surface area contributed by atoms with Gasteiger partial charge in [-0.15, -0.1) is 11.6 Å². The summed E-state index contributed by atoms with van der Waals surface area (Å²) < 4.78 is 26.3. The summed E-state index contributed by atoms with van der Waals surface area (Å²) in [5.41, 5.74) is 1.93. The molecular weight excluding hydrogens is 313 g/mol. The summed E-state index contributed by atoms with van der Waals surface area (Å²) in [7, 11) is 0. The maximum atomic E-state index is 13.3. The molecule has 0 fully saturated rings. The summed E-state index contributed by atoms with van der Waals surface area (Å²) >= 11 is 18.1. The quantitative estimate of drug-likeness (QED) is 0.476. The molecule has 0 bridgehead atoms. The molecule has 0 aliphatic heterocycles. The van der Waals surface area contributed by atoms with Gasteiger partial charge in [0.15, 0.2) is 11.6 Å². The molecule has 2 aromatic carbocycles. The summed E-state index contributed by atoms with van der Waals surface area (Å²) in [6.07, 6.45) is 0. The Bertz CT molecular complexity index is 626. The molecule has 0 amide bonds. The lowest BCUT2D eigenvalue weighted by Crippen LogP contribution is -1.99. The zero-order chi connectivity index (χ0) is 14.2. The van der Waals surface area contributed by atoms with Crippen LogP contribution in [0.25, 0.3) is 0 Å². The van der Waals surface area contributed by atoms with Crippen LogP contribution in [-0.2, 0) is 0 Å². The van der Waals surface area contributed by atoms with Crippen LogP contribution in [0.15, 0.2) is 30.3 Å². The minimum atomic E-state index is -0.995. The molecule has 0 aliphatic carbocycles. The monoisotopic (exact) mass is 320 g/mol. The third-order valence-electron chi connectivity index (χ3n) is 2.82. The number of aryl methyl sites for hydroxylation is 1. The minimum absolute atomic E-state index is 0.0910. The molecule has 2 rings (SSSR count). The van der Waals surface area contributed by atoms with E-state index in [0.29, 0.717) is 10.6 Å². The van der Waals surface area contributed by atoms with Crippen LogP contribution in [0.5, 0.6) is 0 Å². The van der Waals surface area contributed by atoms with Gasteiger partial charge in [0.1, 0.15) is 0 Å². The fourth-order valence-electron chi connectivity index (χ4n) is 1.82. The second kappa shape index (κ2) is 5.66. The molecular formula is C14H9Cl3F2. The van der Waals surface area contributed by atoms with Crippen LogP contribution in [0.1, 0.15) is 22.1 Å². The molecule has 0 saturated carbocycles. The van der Waals surface area contributed by atoms with Crippen LogP contribution in [0, 0.1) is 18.6 Å². The third-order valence-corrected chi connectivity index (χ3v) is 3.85. The highest BCUT2D eigenvalue weighted by Crippen LogP contribution is 2.36. The third kappa shape index (κ3) is 3.02. The summed E-state index contributed by atoms with van der Waals surface area (Å²) in [6, 6.07) is 7.12. The van der Waals surface area contributed by atoms with E-state index in [2.05, 4.69) is 0 Å². The van der Waals surface area contributed by atoms with E-state index in [0.717, 1.165) is 23.3 Å². The second-order valence-electron chi connectivity index (χ2n) is 4.15. The Kier molecular flexibility index (Phi) is 4.34. The molecule has 0 radical (unpaired) electrons. The van der Waals surface area contributed by atoms with Crippen molar-refractivity contribution < 1.29 is 8.78 Å². The molecule has 0 nitrogen and oxygen atoms in total. The van der Waals surface area contributed by atoms with Crippen molar-refractivity contribution in [3.8, 4) is 0 Å². The highest BCUT2D eigenvalue weighted by Gasteiger charge is 2.19. The predicted molar refractivity (Wildman–Crippen MR) is 75.3 cm³/mol. The second-order valence-corrected chi connectivity index (χ2v) is 5.43. The van der Waals surface area contributed by atoms with Gasteiger partial charge in [-0.3, -0.25) is 0 Å². The Labute approximate surface area is 124 Å². The van der Waals surface area contributed by atoms with E-state index >= 15 is 0 Å². The van der Waals surface area contributed by atoms with Gasteiger partial charge in [-0.25, -0.2) is 8.78 Å². The van der Waals surface area contributed by atoms with Crippen LogP contribution < -0.4 is 0 Å². The van der Waals surface area contributed by atoms with E-state index in [1.54, 1.807) is 18.2 Å². The predicted octanol–water partition coefficient (Wildman–Crippen LogP) is 5.91. The van der Waals surface area contributed by atoms with Gasteiger partial charge in [-0.05, 0) is 47.9 Å². The van der Waals surface area contributed by atoms with Crippen LogP contribution in [0.3, 0.4) is 0 Å². The standard InChI is InChI=1S/C14H9Cl3F2/c1-7-4-8(15)2-3-9(7)14(17)10-5-12(18)13(19)6-11(10)16/h2-6,14H,1H3. The summed E-state index contributed by atoms with van der Waals surface area (Å²) in [5, 5.41) is 0.00890. The van der Waals surface area contributed by atoms with Crippen molar-refractivity contribution >= 4 is 34.8 Å². The van der Waals surface area contributed by atoms with Gasteiger partial charge in [0.25, 0.3) is 0 Å². The van der Waals surface area contributed by atoms with Gasteiger partial charge in [0.05, 0.1) is 5.38 Å². The first kappa shape index (κ1) is 14.6. The van der Waals surface area contributed by atoms with Crippen molar-refractivity contribution in [2.45, 2.75) is 12.3 Å². The maximum absolute atomic E-state index is 13.3. The molecule has 1 unspecified atom stereocenters. The molecule has 100 valence electrons. The highest BCUT2D eigenvalue weighted by atomic mass is 35.5. The van der Waals surface area contributed by atoms with E-state index in [1.165, 1.54) is 0 Å². The first-order valence-electron chi connectivity index (χ1n) is 5.44. The van der Waals surface area contributed by atoms with Crippen molar-refractivity contribution in [3.05, 3.63) is 68.7 Å². The Morgan fingerprint density at radius 2 is 1.58 bits per heavy atom. The van der Waals surface area contributed by atoms with Gasteiger partial charge < -0.3 is 0 Å². The topological polar surface area (TPSA) is 0 Å². The largest absolute Gasteiger partial charge is 0.204 e. The molecule has 19 heavy (non-hydrogen) atoms. The number of hydrogen-bond acceptors (Lipinski definition) is 0. The van der Waals surface area contributed by atoms with Gasteiger partial charge >= 0.3 is 0 Å². The van der Waals surface area contributed by atoms with E-state index < -0.39 is 17.0 Å². The molecule has 2 aromatic rings. The van der Waals surface area contributed by atoms with Gasteiger partial charge in [0, 0.05) is 10.0 Å². The molecule has 0 aliphatic rings. The minimum Gasteiger partial charge on any atom is -0.204 e. The zero-order valence-electron chi connectivity index (χ0n) is 9.85. The Balaban J connectivity index is 2.49. The fraction of sp³-hybridized carbons (Fsp3) is 0.143. The smallest absolute Gasteiger partial charge is 0.160 e. The molecule has 0 aromatic heterocycles.